The summed E-state index contributed by atoms with van der Waals surface area (Å²) in [6, 6.07) is 12.3. The molecule has 1 amide bonds. The molecule has 0 unspecified atom stereocenters. The number of nitrogens with one attached hydrogen (secondary N) is 1. The van der Waals surface area contributed by atoms with Crippen molar-refractivity contribution in [1.82, 2.24) is 14.9 Å². The van der Waals surface area contributed by atoms with E-state index in [9.17, 15) is 4.79 Å². The molecular weight excluding hydrogens is 390 g/mol. The van der Waals surface area contributed by atoms with E-state index >= 15 is 0 Å². The largest absolute Gasteiger partial charge is 0.490 e. The van der Waals surface area contributed by atoms with Crippen LogP contribution in [0.15, 0.2) is 42.7 Å². The molecule has 0 radical (unpaired) electrons. The average molecular weight is 422 g/mol. The van der Waals surface area contributed by atoms with Crippen molar-refractivity contribution in [3.05, 3.63) is 53.9 Å². The number of amides is 1. The Morgan fingerprint density at radius 1 is 1.06 bits per heavy atom. The molecule has 0 saturated heterocycles. The minimum Gasteiger partial charge on any atom is -0.490 e. The summed E-state index contributed by atoms with van der Waals surface area (Å²) in [5.41, 5.74) is 3.73. The number of hydrogen-bond acceptors (Lipinski definition) is 4. The lowest BCUT2D eigenvalue weighted by Gasteiger charge is -2.13. The third kappa shape index (κ3) is 4.84. The Morgan fingerprint density at radius 2 is 1.84 bits per heavy atom. The van der Waals surface area contributed by atoms with Crippen LogP contribution >= 0.6 is 0 Å². The fraction of sp³-hybridized carbons (Fsp3) is 0.440. The first kappa shape index (κ1) is 21.2. The maximum Gasteiger partial charge on any atom is 0.251 e. The van der Waals surface area contributed by atoms with Gasteiger partial charge >= 0.3 is 0 Å². The van der Waals surface area contributed by atoms with Gasteiger partial charge in [0, 0.05) is 18.2 Å². The minimum absolute atomic E-state index is 0.0757. The van der Waals surface area contributed by atoms with Gasteiger partial charge in [-0.15, -0.1) is 0 Å². The van der Waals surface area contributed by atoms with Crippen LogP contribution < -0.4 is 14.8 Å². The highest BCUT2D eigenvalue weighted by molar-refractivity contribution is 5.97. The van der Waals surface area contributed by atoms with Crippen molar-refractivity contribution in [2.45, 2.75) is 52.0 Å². The predicted octanol–water partition coefficient (Wildman–Crippen LogP) is 4.92. The maximum atomic E-state index is 12.7. The molecule has 1 saturated carbocycles. The van der Waals surface area contributed by atoms with Crippen molar-refractivity contribution < 1.29 is 14.3 Å². The number of hydrogen-bond donors (Lipinski definition) is 1. The van der Waals surface area contributed by atoms with Crippen LogP contribution in [0.2, 0.25) is 0 Å². The van der Waals surface area contributed by atoms with Gasteiger partial charge in [-0.3, -0.25) is 4.79 Å². The number of carbonyl (C=O) groups is 1. The third-order valence-corrected chi connectivity index (χ3v) is 5.86. The Hall–Kier alpha value is -3.02. The van der Waals surface area contributed by atoms with E-state index in [2.05, 4.69) is 14.9 Å². The first-order valence-electron chi connectivity index (χ1n) is 11.3. The van der Waals surface area contributed by atoms with Crippen LogP contribution in [0.25, 0.3) is 11.0 Å². The van der Waals surface area contributed by atoms with Crippen LogP contribution in [0, 0.1) is 0 Å². The Kier molecular flexibility index (Phi) is 6.75. The SMILES string of the molecule is CCOc1ccc(CCNC(=O)c2ccc3c(c2)ncn3C2CCCC2)cc1OCC. The van der Waals surface area contributed by atoms with Gasteiger partial charge in [0.15, 0.2) is 11.5 Å². The van der Waals surface area contributed by atoms with Gasteiger partial charge in [-0.25, -0.2) is 4.98 Å². The molecule has 1 aliphatic carbocycles. The Labute approximate surface area is 183 Å². The summed E-state index contributed by atoms with van der Waals surface area (Å²) in [5.74, 6) is 1.42. The number of nitrogens with zero attached hydrogens (tertiary/aromatic N) is 2. The van der Waals surface area contributed by atoms with E-state index in [1.807, 2.05) is 56.6 Å². The summed E-state index contributed by atoms with van der Waals surface area (Å²) < 4.78 is 13.6. The lowest BCUT2D eigenvalue weighted by Crippen LogP contribution is -2.25. The Morgan fingerprint density at radius 3 is 2.61 bits per heavy atom. The maximum absolute atomic E-state index is 12.7. The number of aromatic nitrogens is 2. The Bertz CT molecular complexity index is 1040. The topological polar surface area (TPSA) is 65.4 Å². The van der Waals surface area contributed by atoms with Gasteiger partial charge < -0.3 is 19.4 Å². The molecular formula is C25H31N3O3. The molecule has 3 aromatic rings. The number of ether oxygens (including phenoxy) is 2. The number of imidazole rings is 1. The molecule has 0 spiro atoms. The first-order chi connectivity index (χ1) is 15.2. The highest BCUT2D eigenvalue weighted by atomic mass is 16.5. The van der Waals surface area contributed by atoms with E-state index in [0.29, 0.717) is 31.4 Å². The fourth-order valence-electron chi connectivity index (χ4n) is 4.32. The second-order valence-corrected chi connectivity index (χ2v) is 7.95. The van der Waals surface area contributed by atoms with Crippen LogP contribution in [-0.4, -0.2) is 35.2 Å². The van der Waals surface area contributed by atoms with Gasteiger partial charge in [0.05, 0.1) is 30.6 Å². The molecule has 1 aliphatic rings. The summed E-state index contributed by atoms with van der Waals surface area (Å²) in [7, 11) is 0. The normalized spacial score (nSPS) is 14.1. The highest BCUT2D eigenvalue weighted by Gasteiger charge is 2.19. The van der Waals surface area contributed by atoms with E-state index in [1.165, 1.54) is 25.7 Å². The number of fused-ring (bicyclic) bond motifs is 1. The molecule has 6 nitrogen and oxygen atoms in total. The van der Waals surface area contributed by atoms with Crippen LogP contribution in [0.4, 0.5) is 0 Å². The molecule has 31 heavy (non-hydrogen) atoms. The molecule has 1 fully saturated rings. The van der Waals surface area contributed by atoms with Crippen LogP contribution in [-0.2, 0) is 6.42 Å². The quantitative estimate of drug-likeness (QED) is 0.532. The molecule has 1 N–H and O–H groups in total. The number of rotatable bonds is 9. The van der Waals surface area contributed by atoms with Gasteiger partial charge in [0.25, 0.3) is 5.91 Å². The second-order valence-electron chi connectivity index (χ2n) is 7.95. The smallest absolute Gasteiger partial charge is 0.251 e. The monoisotopic (exact) mass is 421 g/mol. The van der Waals surface area contributed by atoms with Crippen molar-refractivity contribution >= 4 is 16.9 Å². The zero-order chi connectivity index (χ0) is 21.6. The zero-order valence-corrected chi connectivity index (χ0v) is 18.4. The molecule has 0 aliphatic heterocycles. The summed E-state index contributed by atoms with van der Waals surface area (Å²) >= 11 is 0. The molecule has 4 rings (SSSR count). The van der Waals surface area contributed by atoms with Crippen LogP contribution in [0.5, 0.6) is 11.5 Å². The molecule has 164 valence electrons. The van der Waals surface area contributed by atoms with Gasteiger partial charge in [-0.05, 0) is 69.0 Å². The molecule has 6 heteroatoms. The predicted molar refractivity (Wildman–Crippen MR) is 122 cm³/mol. The van der Waals surface area contributed by atoms with E-state index in [0.717, 1.165) is 34.5 Å². The summed E-state index contributed by atoms with van der Waals surface area (Å²) in [4.78, 5) is 17.2. The van der Waals surface area contributed by atoms with E-state index < -0.39 is 0 Å². The van der Waals surface area contributed by atoms with Crippen molar-refractivity contribution in [1.29, 1.82) is 0 Å². The average Bonchev–Trinajstić information content (AvgIpc) is 3.44. The van der Waals surface area contributed by atoms with Gasteiger partial charge in [-0.1, -0.05) is 18.9 Å². The molecule has 0 atom stereocenters. The molecule has 2 aromatic carbocycles. The molecule has 0 bridgehead atoms. The van der Waals surface area contributed by atoms with Gasteiger partial charge in [-0.2, -0.15) is 0 Å². The lowest BCUT2D eigenvalue weighted by atomic mass is 10.1. The summed E-state index contributed by atoms with van der Waals surface area (Å²) in [5, 5.41) is 3.02. The van der Waals surface area contributed by atoms with E-state index in [-0.39, 0.29) is 5.91 Å². The van der Waals surface area contributed by atoms with Gasteiger partial charge in [0.1, 0.15) is 0 Å². The van der Waals surface area contributed by atoms with E-state index in [4.69, 9.17) is 9.47 Å². The highest BCUT2D eigenvalue weighted by Crippen LogP contribution is 2.32. The Balaban J connectivity index is 1.37. The van der Waals surface area contributed by atoms with Crippen molar-refractivity contribution in [3.8, 4) is 11.5 Å². The van der Waals surface area contributed by atoms with Gasteiger partial charge in [0.2, 0.25) is 0 Å². The van der Waals surface area contributed by atoms with Crippen LogP contribution in [0.1, 0.15) is 61.5 Å². The standard InChI is InChI=1S/C25H31N3O3/c1-3-30-23-12-9-18(15-24(23)31-4-2)13-14-26-25(29)19-10-11-22-21(16-19)27-17-28(22)20-7-5-6-8-20/h9-12,15-17,20H,3-8,13-14H2,1-2H3,(H,26,29). The summed E-state index contributed by atoms with van der Waals surface area (Å²) in [6.45, 7) is 5.64. The third-order valence-electron chi connectivity index (χ3n) is 5.86. The summed E-state index contributed by atoms with van der Waals surface area (Å²) in [6.07, 6.45) is 7.63. The van der Waals surface area contributed by atoms with E-state index in [1.54, 1.807) is 0 Å². The second kappa shape index (κ2) is 9.86. The van der Waals surface area contributed by atoms with Crippen LogP contribution in [0.3, 0.4) is 0 Å². The minimum atomic E-state index is -0.0757. The first-order valence-corrected chi connectivity index (χ1v) is 11.3. The van der Waals surface area contributed by atoms with Crippen molar-refractivity contribution in [2.24, 2.45) is 0 Å². The lowest BCUT2D eigenvalue weighted by molar-refractivity contribution is 0.0954. The number of carbonyl (C=O) groups excluding carboxylic acids is 1. The zero-order valence-electron chi connectivity index (χ0n) is 18.4. The van der Waals surface area contributed by atoms with Crippen molar-refractivity contribution in [2.75, 3.05) is 19.8 Å². The molecule has 1 aromatic heterocycles. The fourth-order valence-corrected chi connectivity index (χ4v) is 4.32. The molecule has 1 heterocycles. The van der Waals surface area contributed by atoms with Crippen molar-refractivity contribution in [3.63, 3.8) is 0 Å². The number of benzene rings is 2.